The molecule has 2 aromatic heterocycles. The molecule has 1 saturated heterocycles. The molecule has 0 aliphatic carbocycles. The maximum Gasteiger partial charge on any atom is 0.416 e. The highest BCUT2D eigenvalue weighted by molar-refractivity contribution is 5.89. The molecule has 1 amide bonds. The summed E-state index contributed by atoms with van der Waals surface area (Å²) < 4.78 is 18.6. The zero-order chi connectivity index (χ0) is 22.8. The number of hydrogen-bond acceptors (Lipinski definition) is 7. The van der Waals surface area contributed by atoms with Crippen molar-refractivity contribution in [2.24, 2.45) is 0 Å². The van der Waals surface area contributed by atoms with Crippen molar-refractivity contribution < 1.29 is 19.0 Å². The molecule has 166 valence electrons. The summed E-state index contributed by atoms with van der Waals surface area (Å²) in [5.74, 6) is 0.438. The number of carbonyl (C=O) groups is 1. The van der Waals surface area contributed by atoms with E-state index >= 15 is 0 Å². The van der Waals surface area contributed by atoms with Crippen LogP contribution in [0.4, 0.5) is 21.0 Å². The van der Waals surface area contributed by atoms with E-state index in [9.17, 15) is 14.3 Å². The quantitative estimate of drug-likeness (QED) is 0.604. The fraction of sp³-hybridized carbons (Fsp3) is 0.304. The third-order valence-corrected chi connectivity index (χ3v) is 5.44. The minimum atomic E-state index is -0.763. The number of anilines is 2. The first kappa shape index (κ1) is 21.6. The summed E-state index contributed by atoms with van der Waals surface area (Å²) in [4.78, 5) is 26.6. The summed E-state index contributed by atoms with van der Waals surface area (Å²) in [6, 6.07) is 9.65. The molecule has 0 bridgehead atoms. The molecule has 2 N–H and O–H groups in total. The summed E-state index contributed by atoms with van der Waals surface area (Å²) in [5.41, 5.74) is 3.07. The topological polar surface area (TPSA) is 100 Å². The first-order valence-corrected chi connectivity index (χ1v) is 10.3. The smallest absolute Gasteiger partial charge is 0.416 e. The van der Waals surface area contributed by atoms with Crippen LogP contribution in [-0.4, -0.2) is 44.9 Å². The van der Waals surface area contributed by atoms with Crippen molar-refractivity contribution in [1.29, 1.82) is 0 Å². The third-order valence-electron chi connectivity index (χ3n) is 5.44. The van der Waals surface area contributed by atoms with Gasteiger partial charge in [0.2, 0.25) is 5.95 Å². The van der Waals surface area contributed by atoms with Crippen LogP contribution < -0.4 is 10.2 Å². The molecule has 3 aromatic rings. The Balaban J connectivity index is 1.49. The maximum absolute atomic E-state index is 13.5. The fourth-order valence-electron chi connectivity index (χ4n) is 3.52. The number of halogens is 1. The largest absolute Gasteiger partial charge is 0.447 e. The van der Waals surface area contributed by atoms with Crippen LogP contribution in [0, 0.1) is 12.7 Å². The molecule has 32 heavy (non-hydrogen) atoms. The lowest BCUT2D eigenvalue weighted by Gasteiger charge is -2.23. The van der Waals surface area contributed by atoms with E-state index < -0.39 is 18.2 Å². The van der Waals surface area contributed by atoms with Crippen LogP contribution in [0.3, 0.4) is 0 Å². The Morgan fingerprint density at radius 3 is 2.72 bits per heavy atom. The number of pyridine rings is 1. The first-order chi connectivity index (χ1) is 15.3. The van der Waals surface area contributed by atoms with E-state index in [1.54, 1.807) is 44.4 Å². The maximum atomic E-state index is 13.5. The van der Waals surface area contributed by atoms with Crippen molar-refractivity contribution in [3.63, 3.8) is 0 Å². The Morgan fingerprint density at radius 2 is 2.03 bits per heavy atom. The van der Waals surface area contributed by atoms with Gasteiger partial charge in [-0.2, -0.15) is 4.98 Å². The number of benzene rings is 1. The molecule has 0 spiro atoms. The lowest BCUT2D eigenvalue weighted by Crippen LogP contribution is -2.41. The molecule has 1 aliphatic rings. The molecule has 9 heteroatoms. The third kappa shape index (κ3) is 4.38. The molecular formula is C23H24FN5O3. The number of aliphatic hydroxyl groups is 1. The van der Waals surface area contributed by atoms with Crippen LogP contribution in [0.2, 0.25) is 0 Å². The minimum absolute atomic E-state index is 0.102. The number of ether oxygens (including phenoxy) is 1. The normalized spacial score (nSPS) is 17.7. The molecule has 0 radical (unpaired) electrons. The second-order valence-corrected chi connectivity index (χ2v) is 7.80. The predicted octanol–water partition coefficient (Wildman–Crippen LogP) is 3.87. The number of amides is 1. The second kappa shape index (κ2) is 8.88. The predicted molar refractivity (Wildman–Crippen MR) is 118 cm³/mol. The summed E-state index contributed by atoms with van der Waals surface area (Å²) in [5, 5.41) is 13.1. The SMILES string of the molecule is Cc1cc(-c2ccc([C@H](C)Nc3nccc(N4C(=O)OCC4[C@@H](C)O)n3)cn2)ccc1F. The van der Waals surface area contributed by atoms with Gasteiger partial charge in [0.15, 0.2) is 0 Å². The van der Waals surface area contributed by atoms with Gasteiger partial charge in [-0.25, -0.2) is 14.2 Å². The van der Waals surface area contributed by atoms with Gasteiger partial charge >= 0.3 is 6.09 Å². The van der Waals surface area contributed by atoms with Crippen molar-refractivity contribution >= 4 is 17.9 Å². The van der Waals surface area contributed by atoms with Crippen molar-refractivity contribution in [2.45, 2.75) is 39.0 Å². The Morgan fingerprint density at radius 1 is 1.22 bits per heavy atom. The zero-order valence-corrected chi connectivity index (χ0v) is 18.0. The summed E-state index contributed by atoms with van der Waals surface area (Å²) in [7, 11) is 0. The van der Waals surface area contributed by atoms with Crippen LogP contribution in [0.15, 0.2) is 48.8 Å². The minimum Gasteiger partial charge on any atom is -0.447 e. The molecule has 0 saturated carbocycles. The number of aromatic nitrogens is 3. The Labute approximate surface area is 185 Å². The molecule has 8 nitrogen and oxygen atoms in total. The van der Waals surface area contributed by atoms with E-state index in [0.717, 1.165) is 16.8 Å². The van der Waals surface area contributed by atoms with Crippen LogP contribution in [-0.2, 0) is 4.74 Å². The Kier molecular flexibility index (Phi) is 6.00. The van der Waals surface area contributed by atoms with Crippen LogP contribution in [0.5, 0.6) is 0 Å². The van der Waals surface area contributed by atoms with Crippen LogP contribution in [0.25, 0.3) is 11.3 Å². The van der Waals surface area contributed by atoms with E-state index in [2.05, 4.69) is 20.3 Å². The highest BCUT2D eigenvalue weighted by atomic mass is 19.1. The number of nitrogens with one attached hydrogen (secondary N) is 1. The molecule has 3 atom stereocenters. The van der Waals surface area contributed by atoms with E-state index in [1.165, 1.54) is 11.0 Å². The van der Waals surface area contributed by atoms with E-state index in [-0.39, 0.29) is 18.5 Å². The molecule has 1 aliphatic heterocycles. The number of hydrogen-bond donors (Lipinski definition) is 2. The number of aliphatic hydroxyl groups excluding tert-OH is 1. The first-order valence-electron chi connectivity index (χ1n) is 10.3. The van der Waals surface area contributed by atoms with Crippen LogP contribution in [0.1, 0.15) is 31.0 Å². The van der Waals surface area contributed by atoms with Crippen molar-refractivity contribution in [3.05, 3.63) is 65.7 Å². The van der Waals surface area contributed by atoms with Gasteiger partial charge in [0.1, 0.15) is 24.3 Å². The Hall–Kier alpha value is -3.59. The summed E-state index contributed by atoms with van der Waals surface area (Å²) in [6.07, 6.45) is 1.97. The Bertz CT molecular complexity index is 1120. The number of nitrogens with zero attached hydrogens (tertiary/aromatic N) is 4. The van der Waals surface area contributed by atoms with Crippen LogP contribution >= 0.6 is 0 Å². The van der Waals surface area contributed by atoms with Gasteiger partial charge in [0, 0.05) is 18.0 Å². The summed E-state index contributed by atoms with van der Waals surface area (Å²) >= 11 is 0. The molecule has 4 rings (SSSR count). The number of rotatable bonds is 6. The van der Waals surface area contributed by atoms with Gasteiger partial charge in [-0.3, -0.25) is 9.88 Å². The van der Waals surface area contributed by atoms with Gasteiger partial charge < -0.3 is 15.2 Å². The van der Waals surface area contributed by atoms with Gasteiger partial charge in [0.05, 0.1) is 17.8 Å². The fourth-order valence-corrected chi connectivity index (χ4v) is 3.52. The van der Waals surface area contributed by atoms with E-state index in [4.69, 9.17) is 4.74 Å². The lowest BCUT2D eigenvalue weighted by atomic mass is 10.1. The standard InChI is InChI=1S/C23H24FN5O3/c1-13-10-16(4-6-18(13)24)19-7-5-17(11-26-19)14(2)27-22-25-9-8-21(28-22)29-20(15(3)30)12-32-23(29)31/h4-11,14-15,20,30H,12H2,1-3H3,(H,25,27,28)/t14-,15+,20?/m0/s1. The van der Waals surface area contributed by atoms with Crippen molar-refractivity contribution in [1.82, 2.24) is 15.0 Å². The molecule has 1 unspecified atom stereocenters. The number of carbonyl (C=O) groups excluding carboxylic acids is 1. The number of cyclic esters (lactones) is 1. The highest BCUT2D eigenvalue weighted by Crippen LogP contribution is 2.26. The van der Waals surface area contributed by atoms with Gasteiger partial charge in [-0.15, -0.1) is 0 Å². The monoisotopic (exact) mass is 437 g/mol. The van der Waals surface area contributed by atoms with Gasteiger partial charge in [-0.05, 0) is 62.2 Å². The van der Waals surface area contributed by atoms with E-state index in [1.807, 2.05) is 19.1 Å². The average molecular weight is 437 g/mol. The van der Waals surface area contributed by atoms with Gasteiger partial charge in [0.25, 0.3) is 0 Å². The zero-order valence-electron chi connectivity index (χ0n) is 18.0. The second-order valence-electron chi connectivity index (χ2n) is 7.80. The molecule has 1 fully saturated rings. The molecule has 3 heterocycles. The van der Waals surface area contributed by atoms with E-state index in [0.29, 0.717) is 17.3 Å². The van der Waals surface area contributed by atoms with Crippen molar-refractivity contribution in [3.8, 4) is 11.3 Å². The number of aryl methyl sites for hydroxylation is 1. The molecular weight excluding hydrogens is 413 g/mol. The molecule has 1 aromatic carbocycles. The lowest BCUT2D eigenvalue weighted by molar-refractivity contribution is 0.142. The average Bonchev–Trinajstić information content (AvgIpc) is 3.18. The highest BCUT2D eigenvalue weighted by Gasteiger charge is 2.38. The van der Waals surface area contributed by atoms with Crippen molar-refractivity contribution in [2.75, 3.05) is 16.8 Å². The summed E-state index contributed by atoms with van der Waals surface area (Å²) in [6.45, 7) is 5.37. The van der Waals surface area contributed by atoms with Gasteiger partial charge in [-0.1, -0.05) is 6.07 Å².